The highest BCUT2D eigenvalue weighted by atomic mass is 35.5. The van der Waals surface area contributed by atoms with Crippen molar-refractivity contribution in [2.24, 2.45) is 5.92 Å². The molecule has 0 bridgehead atoms. The molecule has 1 amide bonds. The maximum Gasteiger partial charge on any atom is 0.340 e. The quantitative estimate of drug-likeness (QED) is 0.670. The van der Waals surface area contributed by atoms with Crippen molar-refractivity contribution in [1.29, 1.82) is 0 Å². The smallest absolute Gasteiger partial charge is 0.340 e. The molecule has 0 saturated heterocycles. The number of aromatic nitrogens is 1. The lowest BCUT2D eigenvalue weighted by molar-refractivity contribution is -0.124. The summed E-state index contributed by atoms with van der Waals surface area (Å²) in [5.74, 6) is -0.290. The standard InChI is InChI=1S/C15H19ClN2O3/c16-13-7-6-12(9-17-13)15(20)21-10-14(19)18-8-11-4-2-1-3-5-11/h6-7,9,11H,1-5,8,10H2,(H,18,19). The lowest BCUT2D eigenvalue weighted by Gasteiger charge is -2.21. The van der Waals surface area contributed by atoms with E-state index in [1.807, 2.05) is 0 Å². The lowest BCUT2D eigenvalue weighted by Crippen LogP contribution is -2.33. The number of nitrogens with zero attached hydrogens (tertiary/aromatic N) is 1. The Bertz CT molecular complexity index is 484. The van der Waals surface area contributed by atoms with Crippen molar-refractivity contribution in [3.05, 3.63) is 29.0 Å². The van der Waals surface area contributed by atoms with Crippen molar-refractivity contribution < 1.29 is 14.3 Å². The molecule has 21 heavy (non-hydrogen) atoms. The molecule has 1 saturated carbocycles. The fraction of sp³-hybridized carbons (Fsp3) is 0.533. The topological polar surface area (TPSA) is 68.3 Å². The summed E-state index contributed by atoms with van der Waals surface area (Å²) in [7, 11) is 0. The van der Waals surface area contributed by atoms with Gasteiger partial charge < -0.3 is 10.1 Å². The highest BCUT2D eigenvalue weighted by Gasteiger charge is 2.15. The third-order valence-electron chi connectivity index (χ3n) is 3.61. The molecule has 0 aliphatic heterocycles. The Hall–Kier alpha value is -1.62. The molecule has 0 aromatic carbocycles. The monoisotopic (exact) mass is 310 g/mol. The van der Waals surface area contributed by atoms with E-state index < -0.39 is 5.97 Å². The van der Waals surface area contributed by atoms with Crippen LogP contribution in [0, 0.1) is 5.92 Å². The highest BCUT2D eigenvalue weighted by Crippen LogP contribution is 2.22. The first kappa shape index (κ1) is 15.8. The van der Waals surface area contributed by atoms with E-state index in [1.165, 1.54) is 37.6 Å². The molecule has 2 rings (SSSR count). The van der Waals surface area contributed by atoms with Gasteiger partial charge in [0.2, 0.25) is 0 Å². The van der Waals surface area contributed by atoms with Gasteiger partial charge >= 0.3 is 5.97 Å². The van der Waals surface area contributed by atoms with Crippen LogP contribution < -0.4 is 5.32 Å². The number of rotatable bonds is 5. The number of esters is 1. The maximum atomic E-state index is 11.7. The van der Waals surface area contributed by atoms with Crippen molar-refractivity contribution in [3.8, 4) is 0 Å². The van der Waals surface area contributed by atoms with Gasteiger partial charge in [-0.1, -0.05) is 30.9 Å². The summed E-state index contributed by atoms with van der Waals surface area (Å²) in [5, 5.41) is 3.12. The Labute approximate surface area is 129 Å². The zero-order valence-electron chi connectivity index (χ0n) is 11.8. The van der Waals surface area contributed by atoms with Gasteiger partial charge in [-0.15, -0.1) is 0 Å². The summed E-state index contributed by atoms with van der Waals surface area (Å²) in [4.78, 5) is 27.1. The molecule has 5 nitrogen and oxygen atoms in total. The van der Waals surface area contributed by atoms with Crippen LogP contribution in [0.25, 0.3) is 0 Å². The van der Waals surface area contributed by atoms with Crippen LogP contribution in [0.4, 0.5) is 0 Å². The number of halogens is 1. The van der Waals surface area contributed by atoms with Crippen LogP contribution in [0.5, 0.6) is 0 Å². The van der Waals surface area contributed by atoms with Crippen LogP contribution in [-0.2, 0) is 9.53 Å². The van der Waals surface area contributed by atoms with Gasteiger partial charge in [-0.3, -0.25) is 4.79 Å². The Morgan fingerprint density at radius 1 is 1.29 bits per heavy atom. The Kier molecular flexibility index (Phi) is 5.99. The molecule has 1 aliphatic rings. The van der Waals surface area contributed by atoms with E-state index in [-0.39, 0.29) is 18.1 Å². The number of carbonyl (C=O) groups is 2. The average Bonchev–Trinajstić information content (AvgIpc) is 2.52. The van der Waals surface area contributed by atoms with E-state index in [1.54, 1.807) is 0 Å². The Morgan fingerprint density at radius 2 is 2.05 bits per heavy atom. The van der Waals surface area contributed by atoms with E-state index in [2.05, 4.69) is 10.3 Å². The third-order valence-corrected chi connectivity index (χ3v) is 3.83. The molecule has 1 aliphatic carbocycles. The number of carbonyl (C=O) groups excluding carboxylic acids is 2. The molecule has 114 valence electrons. The molecule has 0 radical (unpaired) electrons. The fourth-order valence-corrected chi connectivity index (χ4v) is 2.52. The van der Waals surface area contributed by atoms with Crippen molar-refractivity contribution in [2.75, 3.05) is 13.2 Å². The number of hydrogen-bond acceptors (Lipinski definition) is 4. The van der Waals surface area contributed by atoms with Crippen LogP contribution in [0.1, 0.15) is 42.5 Å². The molecule has 1 fully saturated rings. The molecule has 0 spiro atoms. The second-order valence-electron chi connectivity index (χ2n) is 5.25. The normalized spacial score (nSPS) is 15.5. The first-order valence-corrected chi connectivity index (χ1v) is 7.58. The largest absolute Gasteiger partial charge is 0.452 e. The molecule has 1 aromatic rings. The van der Waals surface area contributed by atoms with E-state index in [4.69, 9.17) is 16.3 Å². The van der Waals surface area contributed by atoms with Crippen molar-refractivity contribution >= 4 is 23.5 Å². The predicted octanol–water partition coefficient (Wildman–Crippen LogP) is 2.59. The van der Waals surface area contributed by atoms with Crippen LogP contribution in [0.3, 0.4) is 0 Å². The van der Waals surface area contributed by atoms with E-state index >= 15 is 0 Å². The maximum absolute atomic E-state index is 11.7. The SMILES string of the molecule is O=C(COC(=O)c1ccc(Cl)nc1)NCC1CCCCC1. The Morgan fingerprint density at radius 3 is 2.71 bits per heavy atom. The van der Waals surface area contributed by atoms with Crippen LogP contribution in [0.2, 0.25) is 5.15 Å². The van der Waals surface area contributed by atoms with Crippen LogP contribution >= 0.6 is 11.6 Å². The molecular weight excluding hydrogens is 292 g/mol. The van der Waals surface area contributed by atoms with Gasteiger partial charge in [0.25, 0.3) is 5.91 Å². The minimum atomic E-state index is -0.577. The van der Waals surface area contributed by atoms with Crippen molar-refractivity contribution in [3.63, 3.8) is 0 Å². The number of hydrogen-bond donors (Lipinski definition) is 1. The van der Waals surface area contributed by atoms with Crippen LogP contribution in [0.15, 0.2) is 18.3 Å². The highest BCUT2D eigenvalue weighted by molar-refractivity contribution is 6.29. The molecule has 0 unspecified atom stereocenters. The predicted molar refractivity (Wildman–Crippen MR) is 79.1 cm³/mol. The third kappa shape index (κ3) is 5.34. The summed E-state index contributed by atoms with van der Waals surface area (Å²) in [6, 6.07) is 3.01. The zero-order chi connectivity index (χ0) is 15.1. The number of ether oxygens (including phenoxy) is 1. The zero-order valence-corrected chi connectivity index (χ0v) is 12.6. The van der Waals surface area contributed by atoms with Crippen molar-refractivity contribution in [2.45, 2.75) is 32.1 Å². The van der Waals surface area contributed by atoms with Gasteiger partial charge in [0.1, 0.15) is 5.15 Å². The minimum Gasteiger partial charge on any atom is -0.452 e. The van der Waals surface area contributed by atoms with E-state index in [9.17, 15) is 9.59 Å². The molecule has 0 atom stereocenters. The summed E-state index contributed by atoms with van der Waals surface area (Å²) in [6.45, 7) is 0.396. The number of pyridine rings is 1. The summed E-state index contributed by atoms with van der Waals surface area (Å²) < 4.78 is 4.94. The number of amides is 1. The van der Waals surface area contributed by atoms with Gasteiger partial charge in [-0.2, -0.15) is 0 Å². The fourth-order valence-electron chi connectivity index (χ4n) is 2.41. The molecule has 6 heteroatoms. The van der Waals surface area contributed by atoms with Crippen molar-refractivity contribution in [1.82, 2.24) is 10.3 Å². The summed E-state index contributed by atoms with van der Waals surface area (Å²) in [5.41, 5.74) is 0.277. The first-order valence-electron chi connectivity index (χ1n) is 7.20. The van der Waals surface area contributed by atoms with Crippen LogP contribution in [-0.4, -0.2) is 30.0 Å². The van der Waals surface area contributed by atoms with Gasteiger partial charge in [-0.25, -0.2) is 9.78 Å². The van der Waals surface area contributed by atoms with E-state index in [0.29, 0.717) is 17.6 Å². The summed E-state index contributed by atoms with van der Waals surface area (Å²) in [6.07, 6.45) is 7.41. The second kappa shape index (κ2) is 7.98. The molecule has 1 heterocycles. The van der Waals surface area contributed by atoms with Gasteiger partial charge in [0.15, 0.2) is 6.61 Å². The molecule has 1 N–H and O–H groups in total. The molecular formula is C15H19ClN2O3. The first-order chi connectivity index (χ1) is 10.1. The molecule has 1 aromatic heterocycles. The van der Waals surface area contributed by atoms with Gasteiger partial charge in [0, 0.05) is 12.7 Å². The Balaban J connectivity index is 1.68. The summed E-state index contributed by atoms with van der Waals surface area (Å²) >= 11 is 5.63. The average molecular weight is 311 g/mol. The van der Waals surface area contributed by atoms with E-state index in [0.717, 1.165) is 12.8 Å². The minimum absolute atomic E-state index is 0.268. The van der Waals surface area contributed by atoms with Gasteiger partial charge in [-0.05, 0) is 30.9 Å². The second-order valence-corrected chi connectivity index (χ2v) is 5.64. The lowest BCUT2D eigenvalue weighted by atomic mass is 9.89. The number of nitrogens with one attached hydrogen (secondary N) is 1. The van der Waals surface area contributed by atoms with Gasteiger partial charge in [0.05, 0.1) is 5.56 Å².